The molecule has 1 aliphatic rings. The van der Waals surface area contributed by atoms with E-state index in [-0.39, 0.29) is 42.3 Å². The molecular formula is C23H40N4O4. The fourth-order valence-corrected chi connectivity index (χ4v) is 4.11. The fourth-order valence-electron chi connectivity index (χ4n) is 4.11. The average molecular weight is 437 g/mol. The molecule has 0 bridgehead atoms. The number of nitrogens with zero attached hydrogens (tertiary/aromatic N) is 2. The summed E-state index contributed by atoms with van der Waals surface area (Å²) in [6.07, 6.45) is 4.62. The maximum atomic E-state index is 13.2. The zero-order valence-electron chi connectivity index (χ0n) is 20.1. The molecule has 2 N–H and O–H groups in total. The first kappa shape index (κ1) is 26.7. The molecule has 31 heavy (non-hydrogen) atoms. The lowest BCUT2D eigenvalue weighted by atomic mass is 9.99. The Morgan fingerprint density at radius 3 is 2.35 bits per heavy atom. The number of hydrogen-bond acceptors (Lipinski definition) is 4. The lowest BCUT2D eigenvalue weighted by Crippen LogP contribution is -2.49. The first-order valence-corrected chi connectivity index (χ1v) is 11.2. The minimum absolute atomic E-state index is 0.0617. The fraction of sp³-hybridized carbons (Fsp3) is 0.739. The van der Waals surface area contributed by atoms with E-state index >= 15 is 0 Å². The van der Waals surface area contributed by atoms with Crippen LogP contribution in [-0.4, -0.2) is 72.2 Å². The molecule has 0 aromatic rings. The van der Waals surface area contributed by atoms with Crippen molar-refractivity contribution in [2.24, 2.45) is 11.8 Å². The van der Waals surface area contributed by atoms with Crippen molar-refractivity contribution in [2.45, 2.75) is 78.9 Å². The number of likely N-dealkylation sites (tertiary alicyclic amines) is 1. The molecule has 4 amide bonds. The number of amides is 4. The average Bonchev–Trinajstić information content (AvgIpc) is 3.17. The quantitative estimate of drug-likeness (QED) is 0.380. The summed E-state index contributed by atoms with van der Waals surface area (Å²) in [4.78, 5) is 51.9. The zero-order chi connectivity index (χ0) is 23.7. The normalized spacial score (nSPS) is 18.7. The molecule has 0 aromatic heterocycles. The molecule has 1 fully saturated rings. The monoisotopic (exact) mass is 436 g/mol. The molecule has 1 unspecified atom stereocenters. The maximum absolute atomic E-state index is 13.2. The summed E-state index contributed by atoms with van der Waals surface area (Å²) in [6, 6.07) is -0.698. The van der Waals surface area contributed by atoms with Gasteiger partial charge in [0.2, 0.25) is 24.1 Å². The number of hydrogen-bond donors (Lipinski definition) is 2. The predicted molar refractivity (Wildman–Crippen MR) is 121 cm³/mol. The van der Waals surface area contributed by atoms with Crippen LogP contribution in [0.3, 0.4) is 0 Å². The maximum Gasteiger partial charge on any atom is 0.249 e. The standard InChI is InChI=1S/C23H40N4O4/c1-15(2)11-18(6)25-22(30)19-9-8-10-27(19)23(31)17(5)12-20(16(3)4)26(7)21(29)13-24-14-28/h12,14-16,18-20H,8-11,13H2,1-7H3,(H,24,28)(H,25,30)/t18?,19-,20+/m0/s1. The van der Waals surface area contributed by atoms with Gasteiger partial charge < -0.3 is 20.4 Å². The van der Waals surface area contributed by atoms with Crippen molar-refractivity contribution in [1.82, 2.24) is 20.4 Å². The SMILES string of the molecule is CC(=C[C@H](C(C)C)N(C)C(=O)CNC=O)C(=O)N1CCC[C@H]1C(=O)NC(C)CC(C)C. The summed E-state index contributed by atoms with van der Waals surface area (Å²) in [7, 11) is 1.66. The lowest BCUT2D eigenvalue weighted by Gasteiger charge is -2.30. The van der Waals surface area contributed by atoms with Crippen LogP contribution in [0.1, 0.15) is 60.8 Å². The van der Waals surface area contributed by atoms with Gasteiger partial charge in [0.05, 0.1) is 12.6 Å². The van der Waals surface area contributed by atoms with E-state index in [1.165, 1.54) is 0 Å². The molecule has 3 atom stereocenters. The van der Waals surface area contributed by atoms with E-state index < -0.39 is 6.04 Å². The van der Waals surface area contributed by atoms with Gasteiger partial charge in [-0.1, -0.05) is 33.8 Å². The molecule has 176 valence electrons. The van der Waals surface area contributed by atoms with Crippen LogP contribution < -0.4 is 10.6 Å². The van der Waals surface area contributed by atoms with Crippen LogP contribution >= 0.6 is 0 Å². The van der Waals surface area contributed by atoms with Gasteiger partial charge in [-0.25, -0.2) is 0 Å². The van der Waals surface area contributed by atoms with Crippen molar-refractivity contribution < 1.29 is 19.2 Å². The molecule has 8 nitrogen and oxygen atoms in total. The van der Waals surface area contributed by atoms with E-state index in [9.17, 15) is 19.2 Å². The Bertz CT molecular complexity index is 674. The smallest absolute Gasteiger partial charge is 0.249 e. The van der Waals surface area contributed by atoms with Crippen molar-refractivity contribution in [3.8, 4) is 0 Å². The molecule has 1 rings (SSSR count). The highest BCUT2D eigenvalue weighted by Gasteiger charge is 2.35. The predicted octanol–water partition coefficient (Wildman–Crippen LogP) is 1.70. The number of carbonyl (C=O) groups excluding carboxylic acids is 4. The van der Waals surface area contributed by atoms with Gasteiger partial charge in [-0.2, -0.15) is 0 Å². The van der Waals surface area contributed by atoms with Gasteiger partial charge in [0.25, 0.3) is 0 Å². The third-order valence-electron chi connectivity index (χ3n) is 5.65. The Labute approximate surface area is 186 Å². The molecule has 0 aromatic carbocycles. The van der Waals surface area contributed by atoms with Crippen molar-refractivity contribution in [2.75, 3.05) is 20.1 Å². The molecule has 0 spiro atoms. The highest BCUT2D eigenvalue weighted by Crippen LogP contribution is 2.22. The summed E-state index contributed by atoms with van der Waals surface area (Å²) in [5, 5.41) is 5.42. The molecule has 0 saturated carbocycles. The van der Waals surface area contributed by atoms with E-state index in [4.69, 9.17) is 0 Å². The van der Waals surface area contributed by atoms with Crippen LogP contribution in [0.4, 0.5) is 0 Å². The lowest BCUT2D eigenvalue weighted by molar-refractivity contribution is -0.136. The molecule has 1 saturated heterocycles. The Kier molecular flexibility index (Phi) is 10.7. The van der Waals surface area contributed by atoms with E-state index in [1.54, 1.807) is 29.8 Å². The second kappa shape index (κ2) is 12.5. The largest absolute Gasteiger partial charge is 0.352 e. The summed E-state index contributed by atoms with van der Waals surface area (Å²) >= 11 is 0. The van der Waals surface area contributed by atoms with Gasteiger partial charge in [-0.05, 0) is 44.9 Å². The Hall–Kier alpha value is -2.38. The Morgan fingerprint density at radius 1 is 1.16 bits per heavy atom. The molecule has 8 heteroatoms. The topological polar surface area (TPSA) is 98.8 Å². The van der Waals surface area contributed by atoms with Gasteiger partial charge >= 0.3 is 0 Å². The van der Waals surface area contributed by atoms with Gasteiger partial charge in [-0.15, -0.1) is 0 Å². The Balaban J connectivity index is 2.92. The second-order valence-electron chi connectivity index (χ2n) is 9.28. The molecular weight excluding hydrogens is 396 g/mol. The number of likely N-dealkylation sites (N-methyl/N-ethyl adjacent to an activating group) is 1. The number of nitrogens with one attached hydrogen (secondary N) is 2. The second-order valence-corrected chi connectivity index (χ2v) is 9.28. The molecule has 1 heterocycles. The minimum atomic E-state index is -0.459. The summed E-state index contributed by atoms with van der Waals surface area (Å²) in [5.74, 6) is 0.0460. The van der Waals surface area contributed by atoms with Gasteiger partial charge in [0.15, 0.2) is 0 Å². The first-order valence-electron chi connectivity index (χ1n) is 11.2. The van der Waals surface area contributed by atoms with Crippen LogP contribution in [0.15, 0.2) is 11.6 Å². The summed E-state index contributed by atoms with van der Waals surface area (Å²) in [6.45, 7) is 12.3. The van der Waals surface area contributed by atoms with Gasteiger partial charge in [0, 0.05) is 25.2 Å². The third kappa shape index (κ3) is 7.99. The van der Waals surface area contributed by atoms with E-state index in [0.29, 0.717) is 30.9 Å². The van der Waals surface area contributed by atoms with Crippen LogP contribution in [0.2, 0.25) is 0 Å². The van der Waals surface area contributed by atoms with Crippen LogP contribution in [0.5, 0.6) is 0 Å². The van der Waals surface area contributed by atoms with E-state index in [0.717, 1.165) is 12.8 Å². The van der Waals surface area contributed by atoms with Crippen LogP contribution in [0, 0.1) is 11.8 Å². The summed E-state index contributed by atoms with van der Waals surface area (Å²) in [5.41, 5.74) is 0.511. The summed E-state index contributed by atoms with van der Waals surface area (Å²) < 4.78 is 0. The molecule has 0 radical (unpaired) electrons. The van der Waals surface area contributed by atoms with Crippen LogP contribution in [0.25, 0.3) is 0 Å². The Morgan fingerprint density at radius 2 is 1.81 bits per heavy atom. The molecule has 0 aliphatic carbocycles. The highest BCUT2D eigenvalue weighted by atomic mass is 16.2. The van der Waals surface area contributed by atoms with Crippen molar-refractivity contribution in [3.05, 3.63) is 11.6 Å². The van der Waals surface area contributed by atoms with Gasteiger partial charge in [0.1, 0.15) is 6.04 Å². The van der Waals surface area contributed by atoms with Gasteiger partial charge in [-0.3, -0.25) is 19.2 Å². The van der Waals surface area contributed by atoms with Crippen molar-refractivity contribution >= 4 is 24.1 Å². The van der Waals surface area contributed by atoms with E-state index in [2.05, 4.69) is 24.5 Å². The van der Waals surface area contributed by atoms with Crippen molar-refractivity contribution in [1.29, 1.82) is 0 Å². The van der Waals surface area contributed by atoms with E-state index in [1.807, 2.05) is 20.8 Å². The van der Waals surface area contributed by atoms with Crippen molar-refractivity contribution in [3.63, 3.8) is 0 Å². The zero-order valence-corrected chi connectivity index (χ0v) is 20.1. The number of rotatable bonds is 11. The number of carbonyl (C=O) groups is 4. The van der Waals surface area contributed by atoms with Crippen LogP contribution in [-0.2, 0) is 19.2 Å². The minimum Gasteiger partial charge on any atom is -0.352 e. The molecule has 1 aliphatic heterocycles. The highest BCUT2D eigenvalue weighted by molar-refractivity contribution is 5.97. The first-order chi connectivity index (χ1) is 14.5. The third-order valence-corrected chi connectivity index (χ3v) is 5.65.